The molecule has 2 aromatic heterocycles. The van der Waals surface area contributed by atoms with Crippen LogP contribution in [0.3, 0.4) is 0 Å². The standard InChI is InChI=1S/C10H11N5O3S/c1-2-18-9(17)5-3-4-19-8(5)13-7(16)6-12-10(11)15-14-6/h3-4H,2H2,1H3,(H,13,16)(H3,11,12,14,15). The van der Waals surface area contributed by atoms with E-state index in [1.807, 2.05) is 0 Å². The van der Waals surface area contributed by atoms with Crippen molar-refractivity contribution in [1.29, 1.82) is 0 Å². The molecule has 19 heavy (non-hydrogen) atoms. The van der Waals surface area contributed by atoms with Gasteiger partial charge in [-0.2, -0.15) is 4.98 Å². The Hall–Kier alpha value is -2.42. The van der Waals surface area contributed by atoms with E-state index in [0.29, 0.717) is 10.6 Å². The van der Waals surface area contributed by atoms with Crippen LogP contribution in [0.2, 0.25) is 0 Å². The van der Waals surface area contributed by atoms with Gasteiger partial charge in [-0.25, -0.2) is 4.79 Å². The summed E-state index contributed by atoms with van der Waals surface area (Å²) >= 11 is 1.21. The number of nitrogen functional groups attached to an aromatic ring is 1. The lowest BCUT2D eigenvalue weighted by Gasteiger charge is -2.04. The number of nitrogens with two attached hydrogens (primary N) is 1. The third-order valence-corrected chi connectivity index (χ3v) is 2.94. The molecule has 0 atom stereocenters. The van der Waals surface area contributed by atoms with Crippen LogP contribution in [0.15, 0.2) is 11.4 Å². The molecule has 0 aromatic carbocycles. The van der Waals surface area contributed by atoms with Crippen molar-refractivity contribution in [3.8, 4) is 0 Å². The highest BCUT2D eigenvalue weighted by molar-refractivity contribution is 7.14. The van der Waals surface area contributed by atoms with Crippen LogP contribution in [0.1, 0.15) is 27.9 Å². The lowest BCUT2D eigenvalue weighted by Crippen LogP contribution is -2.15. The second-order valence-electron chi connectivity index (χ2n) is 3.38. The number of rotatable bonds is 4. The number of aromatic amines is 1. The molecule has 8 nitrogen and oxygen atoms in total. The zero-order valence-electron chi connectivity index (χ0n) is 9.97. The third-order valence-electron chi connectivity index (χ3n) is 2.11. The maximum atomic E-state index is 11.8. The van der Waals surface area contributed by atoms with Crippen LogP contribution in [0.25, 0.3) is 0 Å². The Morgan fingerprint density at radius 2 is 2.37 bits per heavy atom. The van der Waals surface area contributed by atoms with Gasteiger partial charge in [0.25, 0.3) is 5.91 Å². The number of thiophene rings is 1. The Labute approximate surface area is 112 Å². The highest BCUT2D eigenvalue weighted by Crippen LogP contribution is 2.24. The van der Waals surface area contributed by atoms with E-state index in [-0.39, 0.29) is 18.4 Å². The first kappa shape index (κ1) is 13.0. The quantitative estimate of drug-likeness (QED) is 0.715. The Morgan fingerprint density at radius 3 is 3.00 bits per heavy atom. The molecule has 0 saturated carbocycles. The number of nitrogens with zero attached hydrogens (tertiary/aromatic N) is 2. The summed E-state index contributed by atoms with van der Waals surface area (Å²) in [7, 11) is 0. The van der Waals surface area contributed by atoms with E-state index in [9.17, 15) is 9.59 Å². The molecular weight excluding hydrogens is 270 g/mol. The van der Waals surface area contributed by atoms with E-state index < -0.39 is 11.9 Å². The average Bonchev–Trinajstić information content (AvgIpc) is 2.98. The molecule has 0 fully saturated rings. The van der Waals surface area contributed by atoms with E-state index in [0.717, 1.165) is 0 Å². The summed E-state index contributed by atoms with van der Waals surface area (Å²) in [5, 5.41) is 10.5. The Bertz CT molecular complexity index is 606. The van der Waals surface area contributed by atoms with E-state index in [4.69, 9.17) is 10.5 Å². The van der Waals surface area contributed by atoms with Gasteiger partial charge in [-0.1, -0.05) is 0 Å². The van der Waals surface area contributed by atoms with Crippen LogP contribution >= 0.6 is 11.3 Å². The highest BCUT2D eigenvalue weighted by atomic mass is 32.1. The van der Waals surface area contributed by atoms with Crippen LogP contribution < -0.4 is 11.1 Å². The normalized spacial score (nSPS) is 10.2. The minimum Gasteiger partial charge on any atom is -0.462 e. The predicted octanol–water partition coefficient (Wildman–Crippen LogP) is 0.877. The van der Waals surface area contributed by atoms with Crippen molar-refractivity contribution >= 4 is 34.2 Å². The van der Waals surface area contributed by atoms with E-state index in [2.05, 4.69) is 20.5 Å². The molecule has 100 valence electrons. The molecule has 2 heterocycles. The number of amides is 1. The maximum Gasteiger partial charge on any atom is 0.341 e. The number of ether oxygens (including phenoxy) is 1. The second kappa shape index (κ2) is 5.48. The fourth-order valence-corrected chi connectivity index (χ4v) is 2.08. The molecule has 0 bridgehead atoms. The van der Waals surface area contributed by atoms with Gasteiger partial charge in [-0.3, -0.25) is 9.89 Å². The van der Waals surface area contributed by atoms with Gasteiger partial charge in [0.05, 0.1) is 12.2 Å². The summed E-state index contributed by atoms with van der Waals surface area (Å²) < 4.78 is 4.88. The van der Waals surface area contributed by atoms with Gasteiger partial charge >= 0.3 is 5.97 Å². The van der Waals surface area contributed by atoms with Crippen LogP contribution in [-0.2, 0) is 4.74 Å². The monoisotopic (exact) mass is 281 g/mol. The highest BCUT2D eigenvalue weighted by Gasteiger charge is 2.18. The fraction of sp³-hybridized carbons (Fsp3) is 0.200. The van der Waals surface area contributed by atoms with Gasteiger partial charge in [0.1, 0.15) is 5.00 Å². The topological polar surface area (TPSA) is 123 Å². The van der Waals surface area contributed by atoms with Crippen molar-refractivity contribution in [2.75, 3.05) is 17.7 Å². The molecule has 0 radical (unpaired) electrons. The molecule has 0 aliphatic heterocycles. The molecular formula is C10H11N5O3S. The van der Waals surface area contributed by atoms with E-state index in [1.165, 1.54) is 11.3 Å². The number of aromatic nitrogens is 3. The molecule has 1 amide bonds. The zero-order valence-corrected chi connectivity index (χ0v) is 10.8. The average molecular weight is 281 g/mol. The van der Waals surface area contributed by atoms with Crippen molar-refractivity contribution < 1.29 is 14.3 Å². The second-order valence-corrected chi connectivity index (χ2v) is 4.30. The minimum atomic E-state index is -0.530. The van der Waals surface area contributed by atoms with Crippen molar-refractivity contribution in [2.24, 2.45) is 0 Å². The summed E-state index contributed by atoms with van der Waals surface area (Å²) in [6.07, 6.45) is 0. The van der Waals surface area contributed by atoms with Crippen LogP contribution in [0.5, 0.6) is 0 Å². The first-order valence-electron chi connectivity index (χ1n) is 5.35. The van der Waals surface area contributed by atoms with Gasteiger partial charge < -0.3 is 15.8 Å². The number of hydrogen-bond donors (Lipinski definition) is 3. The molecule has 0 spiro atoms. The zero-order chi connectivity index (χ0) is 13.8. The Kier molecular flexibility index (Phi) is 3.76. The van der Waals surface area contributed by atoms with Crippen molar-refractivity contribution in [3.63, 3.8) is 0 Å². The Morgan fingerprint density at radius 1 is 1.58 bits per heavy atom. The van der Waals surface area contributed by atoms with Crippen molar-refractivity contribution in [1.82, 2.24) is 15.2 Å². The summed E-state index contributed by atoms with van der Waals surface area (Å²) in [6.45, 7) is 1.97. The van der Waals surface area contributed by atoms with Gasteiger partial charge in [0.15, 0.2) is 0 Å². The van der Waals surface area contributed by atoms with Crippen molar-refractivity contribution in [2.45, 2.75) is 6.92 Å². The molecule has 0 aliphatic carbocycles. The Balaban J connectivity index is 2.13. The molecule has 0 aliphatic rings. The van der Waals surface area contributed by atoms with Gasteiger partial charge in [-0.15, -0.1) is 16.4 Å². The molecule has 9 heteroatoms. The molecule has 0 unspecified atom stereocenters. The van der Waals surface area contributed by atoms with Crippen LogP contribution in [-0.4, -0.2) is 33.7 Å². The van der Waals surface area contributed by atoms with Crippen LogP contribution in [0.4, 0.5) is 10.9 Å². The van der Waals surface area contributed by atoms with Gasteiger partial charge in [0.2, 0.25) is 11.8 Å². The number of H-pyrrole nitrogens is 1. The molecule has 2 rings (SSSR count). The smallest absolute Gasteiger partial charge is 0.341 e. The summed E-state index contributed by atoms with van der Waals surface area (Å²) in [4.78, 5) is 27.1. The first-order valence-corrected chi connectivity index (χ1v) is 6.23. The fourth-order valence-electron chi connectivity index (χ4n) is 1.31. The first-order chi connectivity index (χ1) is 9.11. The largest absolute Gasteiger partial charge is 0.462 e. The number of nitrogens with one attached hydrogen (secondary N) is 2. The summed E-state index contributed by atoms with van der Waals surface area (Å²) in [5.74, 6) is -1.07. The predicted molar refractivity (Wildman–Crippen MR) is 69.0 cm³/mol. The number of anilines is 2. The van der Waals surface area contributed by atoms with Gasteiger partial charge in [0, 0.05) is 0 Å². The molecule has 4 N–H and O–H groups in total. The summed E-state index contributed by atoms with van der Waals surface area (Å²) in [6, 6.07) is 1.58. The number of hydrogen-bond acceptors (Lipinski definition) is 7. The third kappa shape index (κ3) is 2.88. The summed E-state index contributed by atoms with van der Waals surface area (Å²) in [5.41, 5.74) is 5.60. The maximum absolute atomic E-state index is 11.8. The number of carbonyl (C=O) groups excluding carboxylic acids is 2. The van der Waals surface area contributed by atoms with E-state index in [1.54, 1.807) is 18.4 Å². The van der Waals surface area contributed by atoms with Crippen molar-refractivity contribution in [3.05, 3.63) is 22.8 Å². The lowest BCUT2D eigenvalue weighted by molar-refractivity contribution is 0.0528. The van der Waals surface area contributed by atoms with E-state index >= 15 is 0 Å². The number of esters is 1. The van der Waals surface area contributed by atoms with Gasteiger partial charge in [-0.05, 0) is 18.4 Å². The molecule has 0 saturated heterocycles. The minimum absolute atomic E-state index is 0.0260. The molecule has 2 aromatic rings. The lowest BCUT2D eigenvalue weighted by atomic mass is 10.3. The van der Waals surface area contributed by atoms with Crippen LogP contribution in [0, 0.1) is 0 Å². The number of carbonyl (C=O) groups is 2. The SMILES string of the molecule is CCOC(=O)c1ccsc1NC(=O)c1nc(N)n[nH]1.